The highest BCUT2D eigenvalue weighted by Crippen LogP contribution is 2.37. The fourth-order valence-electron chi connectivity index (χ4n) is 8.60. The molecule has 6 saturated heterocycles. The maximum atomic E-state index is 11.2. The fraction of sp³-hybridized carbons (Fsp3) is 1.00. The second-order valence-electron chi connectivity index (χ2n) is 17.0. The minimum atomic E-state index is -2.07. The summed E-state index contributed by atoms with van der Waals surface area (Å²) in [6, 6.07) is 0. The molecule has 6 heterocycles. The van der Waals surface area contributed by atoms with Gasteiger partial charge in [-0.05, 0) is 0 Å². The molecule has 6 aliphatic heterocycles. The van der Waals surface area contributed by atoms with Crippen LogP contribution in [0.25, 0.3) is 0 Å². The molecular weight excluding hydrogens is 956 g/mol. The summed E-state index contributed by atoms with van der Waals surface area (Å²) in [6.45, 7) is -4.35. The highest BCUT2D eigenvalue weighted by molar-refractivity contribution is 7.99. The van der Waals surface area contributed by atoms with Gasteiger partial charge in [-0.15, -0.1) is 11.8 Å². The number of aliphatic hydroxyl groups excluding tert-OH is 19. The molecule has 0 bridgehead atoms. The SMILES string of the molecule is CO[C@H]1O[C@H](CO)[C@@H](O[C@H]2O[C@H](CO)[C@@H](O[C@H]3O[C@H](CS[C@H]4O[C@H](CO)[C@@H](O[C@H]5O[C@H](CO)[C@@H](O[C@H]6O[C@H](CO)[C@@H](O)[C@H](O)[C@H]6O)[C@H](O)[C@H]5O)[C@H](O)[C@H]4O)[C@@H](O)[C@H](O)[C@H]3O)[C@H](O)[C@H]2O)[C@H](O)[C@H]1O. The molecule has 0 saturated carbocycles. The Kier molecular flexibility index (Phi) is 20.3. The number of methoxy groups -OCH3 is 1. The van der Waals surface area contributed by atoms with Gasteiger partial charge in [0.15, 0.2) is 31.5 Å². The van der Waals surface area contributed by atoms with Gasteiger partial charge < -0.3 is 149 Å². The Morgan fingerprint density at radius 2 is 0.588 bits per heavy atom. The normalized spacial score (nSPS) is 52.8. The minimum absolute atomic E-state index is 0.424. The van der Waals surface area contributed by atoms with Crippen LogP contribution in [0, 0.1) is 0 Å². The first kappa shape index (κ1) is 56.4. The molecule has 0 aliphatic carbocycles. The van der Waals surface area contributed by atoms with Crippen LogP contribution >= 0.6 is 11.8 Å². The average Bonchev–Trinajstić information content (AvgIpc) is 3.33. The molecule has 6 aliphatic rings. The minimum Gasteiger partial charge on any atom is -0.394 e. The van der Waals surface area contributed by atoms with E-state index in [4.69, 9.17) is 52.1 Å². The maximum absolute atomic E-state index is 11.2. The van der Waals surface area contributed by atoms with E-state index in [0.29, 0.717) is 11.8 Å². The summed E-state index contributed by atoms with van der Waals surface area (Å²) in [5.74, 6) is -0.424. The molecule has 31 heteroatoms. The molecule has 0 unspecified atom stereocenters. The molecule has 0 aromatic rings. The summed E-state index contributed by atoms with van der Waals surface area (Å²) in [7, 11) is 1.17. The lowest BCUT2D eigenvalue weighted by molar-refractivity contribution is -0.377. The summed E-state index contributed by atoms with van der Waals surface area (Å²) in [4.78, 5) is 0. The van der Waals surface area contributed by atoms with Gasteiger partial charge in [0.05, 0.1) is 39.1 Å². The number of thioether (sulfide) groups is 1. The second-order valence-corrected chi connectivity index (χ2v) is 18.1. The molecule has 68 heavy (non-hydrogen) atoms. The first-order valence-corrected chi connectivity index (χ1v) is 22.6. The maximum Gasteiger partial charge on any atom is 0.187 e. The highest BCUT2D eigenvalue weighted by Gasteiger charge is 2.56. The van der Waals surface area contributed by atoms with Gasteiger partial charge in [0.1, 0.15) is 146 Å². The van der Waals surface area contributed by atoms with Crippen LogP contribution in [-0.4, -0.2) is 326 Å². The molecule has 0 aromatic heterocycles. The Hall–Kier alpha value is -0.850. The second kappa shape index (κ2) is 24.5. The standard InChI is InChI=1S/C37H64O30S/c1-57-32-24(53)18(47)28(9(3-39)59-32)66-35-25(54)20(49)30(11(5-41)60-35)65-34-23(52)17(46)15(44)13(62-34)7-68-37-27(56)21(50)31(12(6-42)63-37)67-36-26(55)19(48)29(10(4-40)61-36)64-33-22(51)16(45)14(43)8(2-38)58-33/h8-56H,2-7H2,1H3/t8-,9-,10-,11-,12-,13-,14-,15-,16+,17+,18-,19-,20-,21-,22-,23-,24-,25-,26-,27-,28-,29-,30-,31-,32+,33-,34-,35-,36-,37-/m1/s1. The van der Waals surface area contributed by atoms with Crippen LogP contribution in [0.5, 0.6) is 0 Å². The van der Waals surface area contributed by atoms with Crippen LogP contribution in [0.4, 0.5) is 0 Å². The van der Waals surface area contributed by atoms with Crippen molar-refractivity contribution in [1.82, 2.24) is 0 Å². The third-order valence-corrected chi connectivity index (χ3v) is 13.9. The van der Waals surface area contributed by atoms with Crippen molar-refractivity contribution in [3.8, 4) is 0 Å². The number of aliphatic hydroxyl groups is 19. The van der Waals surface area contributed by atoms with Gasteiger partial charge in [-0.3, -0.25) is 0 Å². The molecule has 0 spiro atoms. The predicted molar refractivity (Wildman–Crippen MR) is 210 cm³/mol. The van der Waals surface area contributed by atoms with Crippen molar-refractivity contribution >= 4 is 11.8 Å². The topological polar surface area (TPSA) is 486 Å². The van der Waals surface area contributed by atoms with E-state index in [0.717, 1.165) is 0 Å². The zero-order valence-electron chi connectivity index (χ0n) is 36.0. The predicted octanol–water partition coefficient (Wildman–Crippen LogP) is -12.7. The van der Waals surface area contributed by atoms with Gasteiger partial charge in [-0.2, -0.15) is 0 Å². The highest BCUT2D eigenvalue weighted by atomic mass is 32.2. The molecule has 6 rings (SSSR count). The van der Waals surface area contributed by atoms with Crippen LogP contribution < -0.4 is 0 Å². The van der Waals surface area contributed by atoms with Gasteiger partial charge in [0.25, 0.3) is 0 Å². The van der Waals surface area contributed by atoms with Crippen molar-refractivity contribution in [3.05, 3.63) is 0 Å². The molecule has 6 fully saturated rings. The van der Waals surface area contributed by atoms with Gasteiger partial charge in [-0.25, -0.2) is 0 Å². The lowest BCUT2D eigenvalue weighted by Crippen LogP contribution is -2.66. The lowest BCUT2D eigenvalue weighted by atomic mass is 9.96. The summed E-state index contributed by atoms with van der Waals surface area (Å²) in [5, 5.41) is 200. The van der Waals surface area contributed by atoms with Crippen LogP contribution in [0.2, 0.25) is 0 Å². The van der Waals surface area contributed by atoms with E-state index < -0.39 is 222 Å². The Labute approximate surface area is 389 Å². The van der Waals surface area contributed by atoms with Crippen molar-refractivity contribution in [2.24, 2.45) is 0 Å². The first-order chi connectivity index (χ1) is 32.3. The average molecular weight is 1020 g/mol. The molecule has 0 radical (unpaired) electrons. The number of ether oxygens (including phenoxy) is 11. The number of rotatable bonds is 17. The van der Waals surface area contributed by atoms with Crippen molar-refractivity contribution in [3.63, 3.8) is 0 Å². The third-order valence-electron chi connectivity index (χ3n) is 12.6. The Morgan fingerprint density at radius 1 is 0.309 bits per heavy atom. The largest absolute Gasteiger partial charge is 0.394 e. The molecular formula is C37H64O30S. The third kappa shape index (κ3) is 11.6. The Balaban J connectivity index is 1.05. The molecule has 19 N–H and O–H groups in total. The molecule has 30 nitrogen and oxygen atoms in total. The van der Waals surface area contributed by atoms with Crippen molar-refractivity contribution in [2.75, 3.05) is 45.9 Å². The van der Waals surface area contributed by atoms with Crippen molar-refractivity contribution < 1.29 is 149 Å². The van der Waals surface area contributed by atoms with Crippen LogP contribution in [-0.2, 0) is 52.1 Å². The fourth-order valence-corrected chi connectivity index (χ4v) is 9.83. The van der Waals surface area contributed by atoms with E-state index in [-0.39, 0.29) is 0 Å². The summed E-state index contributed by atoms with van der Waals surface area (Å²) >= 11 is 0.660. The molecule has 0 amide bonds. The van der Waals surface area contributed by atoms with Gasteiger partial charge in [-0.1, -0.05) is 0 Å². The van der Waals surface area contributed by atoms with E-state index in [1.165, 1.54) is 7.11 Å². The van der Waals surface area contributed by atoms with E-state index >= 15 is 0 Å². The molecule has 0 aromatic carbocycles. The van der Waals surface area contributed by atoms with Crippen LogP contribution in [0.1, 0.15) is 0 Å². The van der Waals surface area contributed by atoms with Crippen LogP contribution in [0.15, 0.2) is 0 Å². The van der Waals surface area contributed by atoms with Crippen molar-refractivity contribution in [2.45, 2.75) is 183 Å². The Morgan fingerprint density at radius 3 is 0.956 bits per heavy atom. The zero-order valence-corrected chi connectivity index (χ0v) is 36.8. The number of hydrogen-bond acceptors (Lipinski definition) is 31. The van der Waals surface area contributed by atoms with E-state index in [9.17, 15) is 97.0 Å². The quantitative estimate of drug-likeness (QED) is 0.0643. The summed E-state index contributed by atoms with van der Waals surface area (Å²) < 4.78 is 60.8. The van der Waals surface area contributed by atoms with E-state index in [1.54, 1.807) is 0 Å². The van der Waals surface area contributed by atoms with Crippen LogP contribution in [0.3, 0.4) is 0 Å². The number of hydrogen-bond donors (Lipinski definition) is 19. The Bertz CT molecular complexity index is 1520. The van der Waals surface area contributed by atoms with Gasteiger partial charge >= 0.3 is 0 Å². The van der Waals surface area contributed by atoms with Gasteiger partial charge in [0.2, 0.25) is 0 Å². The summed E-state index contributed by atoms with van der Waals surface area (Å²) in [6.07, 6.45) is -51.5. The zero-order chi connectivity index (χ0) is 50.0. The van der Waals surface area contributed by atoms with E-state index in [1.807, 2.05) is 0 Å². The summed E-state index contributed by atoms with van der Waals surface area (Å²) in [5.41, 5.74) is -1.47. The van der Waals surface area contributed by atoms with Gasteiger partial charge in [0, 0.05) is 12.9 Å². The lowest BCUT2D eigenvalue weighted by Gasteiger charge is -2.48. The smallest absolute Gasteiger partial charge is 0.187 e. The first-order valence-electron chi connectivity index (χ1n) is 21.5. The van der Waals surface area contributed by atoms with E-state index in [2.05, 4.69) is 0 Å². The monoisotopic (exact) mass is 1020 g/mol. The van der Waals surface area contributed by atoms with Crippen molar-refractivity contribution in [1.29, 1.82) is 0 Å². The molecule has 30 atom stereocenters. The molecule has 398 valence electrons.